The monoisotopic (exact) mass is 301 g/mol. The lowest BCUT2D eigenvalue weighted by molar-refractivity contribution is 0.0955. The fraction of sp³-hybridized carbons (Fsp3) is 0. The largest absolute Gasteiger partial charge is 0.411 e. The van der Waals surface area contributed by atoms with Gasteiger partial charge in [-0.3, -0.25) is 4.79 Å². The minimum atomic E-state index is -0.383. The van der Waals surface area contributed by atoms with Crippen molar-refractivity contribution in [2.24, 2.45) is 10.3 Å². The van der Waals surface area contributed by atoms with Gasteiger partial charge in [0, 0.05) is 16.1 Å². The van der Waals surface area contributed by atoms with Gasteiger partial charge in [-0.25, -0.2) is 5.43 Å². The predicted octanol–water partition coefficient (Wildman–Crippen LogP) is 2.93. The summed E-state index contributed by atoms with van der Waals surface area (Å²) in [7, 11) is 0. The fourth-order valence-corrected chi connectivity index (χ4v) is 1.73. The van der Waals surface area contributed by atoms with Gasteiger partial charge in [0.05, 0.1) is 6.21 Å². The van der Waals surface area contributed by atoms with Gasteiger partial charge in [-0.1, -0.05) is 47.1 Å². The molecule has 0 fully saturated rings. The van der Waals surface area contributed by atoms with Crippen molar-refractivity contribution >= 4 is 29.4 Å². The number of hydrogen-bond acceptors (Lipinski definition) is 4. The second-order valence-corrected chi connectivity index (χ2v) is 4.49. The van der Waals surface area contributed by atoms with E-state index in [2.05, 4.69) is 15.7 Å². The van der Waals surface area contributed by atoms with Crippen LogP contribution in [-0.2, 0) is 0 Å². The van der Waals surface area contributed by atoms with Crippen LogP contribution in [0.15, 0.2) is 64.9 Å². The molecule has 0 unspecified atom stereocenters. The number of halogens is 1. The Morgan fingerprint density at radius 2 is 1.71 bits per heavy atom. The van der Waals surface area contributed by atoms with Gasteiger partial charge in [0.2, 0.25) is 0 Å². The smallest absolute Gasteiger partial charge is 0.271 e. The Morgan fingerprint density at radius 1 is 1.05 bits per heavy atom. The number of hydrogen-bond donors (Lipinski definition) is 2. The Labute approximate surface area is 126 Å². The van der Waals surface area contributed by atoms with Crippen LogP contribution in [-0.4, -0.2) is 23.0 Å². The number of carbonyl (C=O) groups is 1. The minimum absolute atomic E-state index is 0.334. The van der Waals surface area contributed by atoms with Crippen LogP contribution in [0.25, 0.3) is 0 Å². The number of benzene rings is 2. The molecular weight excluding hydrogens is 290 g/mol. The number of rotatable bonds is 4. The Bertz CT molecular complexity index is 667. The average molecular weight is 302 g/mol. The first-order chi connectivity index (χ1) is 10.2. The first-order valence-electron chi connectivity index (χ1n) is 6.07. The van der Waals surface area contributed by atoms with E-state index in [1.54, 1.807) is 36.4 Å². The Kier molecular flexibility index (Phi) is 5.06. The van der Waals surface area contributed by atoms with Crippen LogP contribution >= 0.6 is 11.6 Å². The first-order valence-corrected chi connectivity index (χ1v) is 6.45. The predicted molar refractivity (Wildman–Crippen MR) is 82.2 cm³/mol. The van der Waals surface area contributed by atoms with E-state index >= 15 is 0 Å². The van der Waals surface area contributed by atoms with Gasteiger partial charge in [0.25, 0.3) is 5.91 Å². The highest BCUT2D eigenvalue weighted by Crippen LogP contribution is 2.09. The SMILES string of the molecule is O=C(N/N=C(\C=N\O)c1ccccc1)c1ccc(Cl)cc1. The van der Waals surface area contributed by atoms with Crippen LogP contribution < -0.4 is 5.43 Å². The lowest BCUT2D eigenvalue weighted by atomic mass is 10.1. The van der Waals surface area contributed by atoms with Crippen LogP contribution in [0.3, 0.4) is 0 Å². The molecule has 0 aliphatic rings. The Morgan fingerprint density at radius 3 is 2.33 bits per heavy atom. The fourth-order valence-electron chi connectivity index (χ4n) is 1.61. The van der Waals surface area contributed by atoms with E-state index < -0.39 is 0 Å². The molecule has 1 amide bonds. The van der Waals surface area contributed by atoms with E-state index in [4.69, 9.17) is 16.8 Å². The van der Waals surface area contributed by atoms with Crippen LogP contribution in [0, 0.1) is 0 Å². The number of nitrogens with one attached hydrogen (secondary N) is 1. The number of carbonyl (C=O) groups excluding carboxylic acids is 1. The summed E-state index contributed by atoms with van der Waals surface area (Å²) in [4.78, 5) is 11.9. The summed E-state index contributed by atoms with van der Waals surface area (Å²) in [6, 6.07) is 15.5. The maximum Gasteiger partial charge on any atom is 0.271 e. The molecule has 0 aliphatic heterocycles. The summed E-state index contributed by atoms with van der Waals surface area (Å²) in [6.07, 6.45) is 1.15. The highest BCUT2D eigenvalue weighted by molar-refractivity contribution is 6.38. The van der Waals surface area contributed by atoms with Crippen molar-refractivity contribution in [2.45, 2.75) is 0 Å². The molecule has 0 heterocycles. The summed E-state index contributed by atoms with van der Waals surface area (Å²) in [6.45, 7) is 0. The van der Waals surface area contributed by atoms with Crippen LogP contribution in [0.4, 0.5) is 0 Å². The molecule has 0 spiro atoms. The van der Waals surface area contributed by atoms with Crippen molar-refractivity contribution in [3.05, 3.63) is 70.7 Å². The molecule has 2 rings (SSSR count). The van der Waals surface area contributed by atoms with Crippen molar-refractivity contribution in [1.82, 2.24) is 5.43 Å². The van der Waals surface area contributed by atoms with Crippen molar-refractivity contribution < 1.29 is 10.0 Å². The van der Waals surface area contributed by atoms with Gasteiger partial charge in [0.1, 0.15) is 5.71 Å². The minimum Gasteiger partial charge on any atom is -0.411 e. The second-order valence-electron chi connectivity index (χ2n) is 4.06. The van der Waals surface area contributed by atoms with Gasteiger partial charge in [-0.05, 0) is 24.3 Å². The van der Waals surface area contributed by atoms with Gasteiger partial charge in [-0.15, -0.1) is 0 Å². The average Bonchev–Trinajstić information content (AvgIpc) is 2.52. The van der Waals surface area contributed by atoms with Gasteiger partial charge < -0.3 is 5.21 Å². The summed E-state index contributed by atoms with van der Waals surface area (Å²) in [5.74, 6) is -0.383. The molecule has 0 radical (unpaired) electrons. The van der Waals surface area contributed by atoms with Crippen molar-refractivity contribution in [3.63, 3.8) is 0 Å². The van der Waals surface area contributed by atoms with E-state index in [1.165, 1.54) is 0 Å². The van der Waals surface area contributed by atoms with E-state index in [-0.39, 0.29) is 5.91 Å². The van der Waals surface area contributed by atoms with Crippen LogP contribution in [0.1, 0.15) is 15.9 Å². The third-order valence-corrected chi connectivity index (χ3v) is 2.89. The van der Waals surface area contributed by atoms with E-state index in [9.17, 15) is 4.79 Å². The first kappa shape index (κ1) is 14.7. The molecule has 0 saturated carbocycles. The van der Waals surface area contributed by atoms with Gasteiger partial charge >= 0.3 is 0 Å². The molecule has 0 aromatic heterocycles. The standard InChI is InChI=1S/C15H12ClN3O2/c16-13-8-6-12(7-9-13)15(20)19-18-14(10-17-21)11-4-2-1-3-5-11/h1-10,21H,(H,19,20)/b17-10+,18-14+. The molecule has 0 aliphatic carbocycles. The summed E-state index contributed by atoms with van der Waals surface area (Å²) in [5, 5.41) is 16.1. The number of nitrogens with zero attached hydrogens (tertiary/aromatic N) is 2. The molecule has 106 valence electrons. The molecule has 0 saturated heterocycles. The van der Waals surface area contributed by atoms with E-state index in [0.29, 0.717) is 21.9 Å². The maximum absolute atomic E-state index is 11.9. The number of oxime groups is 1. The molecule has 21 heavy (non-hydrogen) atoms. The second kappa shape index (κ2) is 7.21. The zero-order valence-corrected chi connectivity index (χ0v) is 11.7. The Hall–Kier alpha value is -2.66. The van der Waals surface area contributed by atoms with Crippen molar-refractivity contribution in [1.29, 1.82) is 0 Å². The van der Waals surface area contributed by atoms with E-state index in [1.807, 2.05) is 18.2 Å². The zero-order valence-electron chi connectivity index (χ0n) is 10.9. The lowest BCUT2D eigenvalue weighted by Gasteiger charge is -2.03. The highest BCUT2D eigenvalue weighted by atomic mass is 35.5. The van der Waals surface area contributed by atoms with Gasteiger partial charge in [0.15, 0.2) is 0 Å². The maximum atomic E-state index is 11.9. The molecule has 2 N–H and O–H groups in total. The topological polar surface area (TPSA) is 74.0 Å². The van der Waals surface area contributed by atoms with E-state index in [0.717, 1.165) is 6.21 Å². The molecule has 5 nitrogen and oxygen atoms in total. The number of amides is 1. The van der Waals surface area contributed by atoms with Crippen LogP contribution in [0.2, 0.25) is 5.02 Å². The molecule has 0 bridgehead atoms. The number of hydrazone groups is 1. The Balaban J connectivity index is 2.16. The zero-order chi connectivity index (χ0) is 15.1. The third kappa shape index (κ3) is 4.15. The normalized spacial score (nSPS) is 11.6. The summed E-state index contributed by atoms with van der Waals surface area (Å²) < 4.78 is 0. The highest BCUT2D eigenvalue weighted by Gasteiger charge is 2.06. The third-order valence-electron chi connectivity index (χ3n) is 2.63. The van der Waals surface area contributed by atoms with Crippen molar-refractivity contribution in [2.75, 3.05) is 0 Å². The van der Waals surface area contributed by atoms with Crippen LogP contribution in [0.5, 0.6) is 0 Å². The molecular formula is C15H12ClN3O2. The van der Waals surface area contributed by atoms with Gasteiger partial charge in [-0.2, -0.15) is 5.10 Å². The van der Waals surface area contributed by atoms with Crippen molar-refractivity contribution in [3.8, 4) is 0 Å². The molecule has 2 aromatic rings. The summed E-state index contributed by atoms with van der Waals surface area (Å²) in [5.41, 5.74) is 3.88. The summed E-state index contributed by atoms with van der Waals surface area (Å²) >= 11 is 5.76. The molecule has 0 atom stereocenters. The molecule has 2 aromatic carbocycles. The molecule has 6 heteroatoms. The lowest BCUT2D eigenvalue weighted by Crippen LogP contribution is -2.20. The quantitative estimate of drug-likeness (QED) is 0.517.